The third-order valence-corrected chi connectivity index (χ3v) is 3.47. The molecular weight excluding hydrogens is 192 g/mol. The number of hydrogen-bond acceptors (Lipinski definition) is 3. The Kier molecular flexibility index (Phi) is 2.15. The Morgan fingerprint density at radius 3 is 2.85 bits per heavy atom. The molecule has 13 heavy (non-hydrogen) atoms. The molecule has 2 heterocycles. The molecule has 0 radical (unpaired) electrons. The zero-order valence-electron chi connectivity index (χ0n) is 7.61. The van der Waals surface area contributed by atoms with Crippen molar-refractivity contribution in [1.82, 2.24) is 0 Å². The maximum Gasteiger partial charge on any atom is 0.122 e. The summed E-state index contributed by atoms with van der Waals surface area (Å²) >= 11 is 6.02. The molecule has 0 aromatic carbocycles. The van der Waals surface area contributed by atoms with Gasteiger partial charge < -0.3 is 14.6 Å². The SMILES string of the molecule is CO[C@@]1(C)[C@@H]2C=C[C@@H](O2)[C@H](Cl)[C@@H]1O. The molecule has 0 amide bonds. The second-order valence-corrected chi connectivity index (χ2v) is 4.19. The van der Waals surface area contributed by atoms with Gasteiger partial charge in [-0.1, -0.05) is 12.2 Å². The minimum absolute atomic E-state index is 0.176. The number of methoxy groups -OCH3 is 1. The summed E-state index contributed by atoms with van der Waals surface area (Å²) in [5.41, 5.74) is -0.726. The van der Waals surface area contributed by atoms with Crippen LogP contribution in [0.15, 0.2) is 12.2 Å². The molecule has 1 fully saturated rings. The largest absolute Gasteiger partial charge is 0.388 e. The maximum atomic E-state index is 9.90. The van der Waals surface area contributed by atoms with Crippen LogP contribution < -0.4 is 0 Å². The van der Waals surface area contributed by atoms with Crippen molar-refractivity contribution in [3.63, 3.8) is 0 Å². The Labute approximate surface area is 82.3 Å². The summed E-state index contributed by atoms with van der Waals surface area (Å²) in [6.45, 7) is 1.81. The topological polar surface area (TPSA) is 38.7 Å². The van der Waals surface area contributed by atoms with Crippen molar-refractivity contribution in [2.24, 2.45) is 0 Å². The van der Waals surface area contributed by atoms with Crippen LogP contribution in [0.2, 0.25) is 0 Å². The van der Waals surface area contributed by atoms with E-state index in [2.05, 4.69) is 0 Å². The molecule has 74 valence electrons. The van der Waals surface area contributed by atoms with E-state index >= 15 is 0 Å². The Morgan fingerprint density at radius 1 is 1.54 bits per heavy atom. The van der Waals surface area contributed by atoms with E-state index in [-0.39, 0.29) is 12.2 Å². The van der Waals surface area contributed by atoms with Crippen LogP contribution in [0, 0.1) is 0 Å². The van der Waals surface area contributed by atoms with E-state index in [4.69, 9.17) is 21.1 Å². The minimum atomic E-state index is -0.726. The lowest BCUT2D eigenvalue weighted by Gasteiger charge is -2.44. The molecule has 0 saturated carbocycles. The van der Waals surface area contributed by atoms with E-state index in [1.807, 2.05) is 19.1 Å². The lowest BCUT2D eigenvalue weighted by molar-refractivity contribution is -0.196. The molecule has 4 heteroatoms. The van der Waals surface area contributed by atoms with E-state index in [1.165, 1.54) is 0 Å². The summed E-state index contributed by atoms with van der Waals surface area (Å²) in [7, 11) is 1.56. The van der Waals surface area contributed by atoms with Crippen molar-refractivity contribution >= 4 is 11.6 Å². The van der Waals surface area contributed by atoms with E-state index < -0.39 is 17.1 Å². The first-order chi connectivity index (χ1) is 6.09. The van der Waals surface area contributed by atoms with Crippen molar-refractivity contribution < 1.29 is 14.6 Å². The molecule has 3 nitrogen and oxygen atoms in total. The van der Waals surface area contributed by atoms with Crippen molar-refractivity contribution in [2.45, 2.75) is 36.2 Å². The third kappa shape index (κ3) is 1.15. The molecule has 0 unspecified atom stereocenters. The maximum absolute atomic E-state index is 9.90. The van der Waals surface area contributed by atoms with Gasteiger partial charge in [0.15, 0.2) is 0 Å². The molecule has 0 aromatic rings. The highest BCUT2D eigenvalue weighted by molar-refractivity contribution is 6.21. The Bertz CT molecular complexity index is 243. The molecule has 0 aliphatic carbocycles. The van der Waals surface area contributed by atoms with Gasteiger partial charge in [0.2, 0.25) is 0 Å². The van der Waals surface area contributed by atoms with E-state index in [0.717, 1.165) is 0 Å². The van der Waals surface area contributed by atoms with Gasteiger partial charge in [0, 0.05) is 7.11 Å². The summed E-state index contributed by atoms with van der Waals surface area (Å²) in [6, 6.07) is 0. The zero-order valence-corrected chi connectivity index (χ0v) is 8.36. The van der Waals surface area contributed by atoms with Crippen LogP contribution in [0.1, 0.15) is 6.92 Å². The summed E-state index contributed by atoms with van der Waals surface area (Å²) < 4.78 is 10.8. The lowest BCUT2D eigenvalue weighted by atomic mass is 9.88. The molecule has 2 rings (SSSR count). The zero-order chi connectivity index (χ0) is 9.64. The summed E-state index contributed by atoms with van der Waals surface area (Å²) in [6.07, 6.45) is 2.73. The highest BCUT2D eigenvalue weighted by atomic mass is 35.5. The van der Waals surface area contributed by atoms with Crippen molar-refractivity contribution in [3.8, 4) is 0 Å². The van der Waals surface area contributed by atoms with Gasteiger partial charge in [-0.25, -0.2) is 0 Å². The second kappa shape index (κ2) is 2.95. The predicted octanol–water partition coefficient (Wildman–Crippen LogP) is 0.697. The number of halogens is 1. The standard InChI is InChI=1S/C9H13ClO3/c1-9(12-2)6-4-3-5(13-6)7(10)8(9)11/h3-8,11H,1-2H3/t5-,6+,7+,8+,9+/m1/s1. The smallest absolute Gasteiger partial charge is 0.122 e. The summed E-state index contributed by atoms with van der Waals surface area (Å²) in [5.74, 6) is 0. The molecule has 2 aliphatic rings. The molecule has 0 spiro atoms. The van der Waals surface area contributed by atoms with Crippen LogP contribution in [-0.4, -0.2) is 41.5 Å². The summed E-state index contributed by atoms with van der Waals surface area (Å²) in [5, 5.41) is 9.47. The van der Waals surface area contributed by atoms with Gasteiger partial charge in [0.1, 0.15) is 17.8 Å². The number of ether oxygens (including phenoxy) is 2. The van der Waals surface area contributed by atoms with Gasteiger partial charge in [-0.3, -0.25) is 0 Å². The molecule has 1 saturated heterocycles. The first-order valence-electron chi connectivity index (χ1n) is 4.30. The van der Waals surface area contributed by atoms with Crippen LogP contribution >= 0.6 is 11.6 Å². The number of aliphatic hydroxyl groups is 1. The van der Waals surface area contributed by atoms with Crippen LogP contribution in [-0.2, 0) is 9.47 Å². The predicted molar refractivity (Wildman–Crippen MR) is 48.9 cm³/mol. The van der Waals surface area contributed by atoms with Crippen LogP contribution in [0.4, 0.5) is 0 Å². The summed E-state index contributed by atoms with van der Waals surface area (Å²) in [4.78, 5) is 0. The van der Waals surface area contributed by atoms with E-state index in [9.17, 15) is 5.11 Å². The Morgan fingerprint density at radius 2 is 2.23 bits per heavy atom. The lowest BCUT2D eigenvalue weighted by Crippen LogP contribution is -2.60. The number of alkyl halides is 1. The van der Waals surface area contributed by atoms with Crippen molar-refractivity contribution in [3.05, 3.63) is 12.2 Å². The molecular formula is C9H13ClO3. The number of aliphatic hydroxyl groups excluding tert-OH is 1. The van der Waals surface area contributed by atoms with E-state index in [0.29, 0.717) is 0 Å². The Hall–Kier alpha value is -0.0900. The minimum Gasteiger partial charge on any atom is -0.388 e. The van der Waals surface area contributed by atoms with Gasteiger partial charge in [0.05, 0.1) is 11.5 Å². The van der Waals surface area contributed by atoms with Gasteiger partial charge in [0.25, 0.3) is 0 Å². The fourth-order valence-corrected chi connectivity index (χ4v) is 2.27. The Balaban J connectivity index is 2.32. The van der Waals surface area contributed by atoms with Gasteiger partial charge in [-0.2, -0.15) is 0 Å². The fourth-order valence-electron chi connectivity index (χ4n) is 1.88. The quantitative estimate of drug-likeness (QED) is 0.505. The normalized spacial score (nSPS) is 54.2. The third-order valence-electron chi connectivity index (χ3n) is 2.99. The van der Waals surface area contributed by atoms with Gasteiger partial charge in [-0.15, -0.1) is 11.6 Å². The number of fused-ring (bicyclic) bond motifs is 2. The first-order valence-corrected chi connectivity index (χ1v) is 4.74. The highest BCUT2D eigenvalue weighted by Gasteiger charge is 2.53. The van der Waals surface area contributed by atoms with Gasteiger partial charge in [-0.05, 0) is 6.92 Å². The van der Waals surface area contributed by atoms with Gasteiger partial charge >= 0.3 is 0 Å². The highest BCUT2D eigenvalue weighted by Crippen LogP contribution is 2.39. The fraction of sp³-hybridized carbons (Fsp3) is 0.778. The molecule has 2 aliphatic heterocycles. The second-order valence-electron chi connectivity index (χ2n) is 3.68. The van der Waals surface area contributed by atoms with Crippen LogP contribution in [0.3, 0.4) is 0 Å². The van der Waals surface area contributed by atoms with Crippen molar-refractivity contribution in [1.29, 1.82) is 0 Å². The number of rotatable bonds is 1. The first kappa shape index (κ1) is 9.46. The number of hydrogen-bond donors (Lipinski definition) is 1. The van der Waals surface area contributed by atoms with Crippen LogP contribution in [0.5, 0.6) is 0 Å². The monoisotopic (exact) mass is 204 g/mol. The van der Waals surface area contributed by atoms with Crippen molar-refractivity contribution in [2.75, 3.05) is 7.11 Å². The van der Waals surface area contributed by atoms with E-state index in [1.54, 1.807) is 7.11 Å². The molecule has 0 aromatic heterocycles. The average molecular weight is 205 g/mol. The average Bonchev–Trinajstić information content (AvgIpc) is 2.59. The van der Waals surface area contributed by atoms with Crippen LogP contribution in [0.25, 0.3) is 0 Å². The molecule has 1 N–H and O–H groups in total. The molecule has 5 atom stereocenters. The molecule has 2 bridgehead atoms.